The largest absolute Gasteiger partial charge is 0.481 e. The maximum absolute atomic E-state index is 12.5. The van der Waals surface area contributed by atoms with Crippen LogP contribution in [0.25, 0.3) is 0 Å². The molecule has 23 heavy (non-hydrogen) atoms. The number of piperazine rings is 1. The molecule has 1 N–H and O–H groups in total. The van der Waals surface area contributed by atoms with Crippen molar-refractivity contribution in [3.8, 4) is 5.75 Å². The van der Waals surface area contributed by atoms with Gasteiger partial charge in [0.2, 0.25) is 0 Å². The Morgan fingerprint density at radius 2 is 1.74 bits per heavy atom. The first kappa shape index (κ1) is 17.3. The molecule has 2 rings (SSSR count). The number of aliphatic carboxylic acids is 1. The van der Waals surface area contributed by atoms with Gasteiger partial charge < -0.3 is 14.7 Å². The first-order valence-corrected chi connectivity index (χ1v) is 7.88. The van der Waals surface area contributed by atoms with E-state index in [0.717, 1.165) is 5.56 Å². The van der Waals surface area contributed by atoms with E-state index in [2.05, 4.69) is 0 Å². The summed E-state index contributed by atoms with van der Waals surface area (Å²) in [5.74, 6) is -0.177. The summed E-state index contributed by atoms with van der Waals surface area (Å²) >= 11 is 0. The van der Waals surface area contributed by atoms with E-state index in [1.807, 2.05) is 36.1 Å². The van der Waals surface area contributed by atoms with Crippen LogP contribution in [0.5, 0.6) is 5.75 Å². The van der Waals surface area contributed by atoms with E-state index >= 15 is 0 Å². The van der Waals surface area contributed by atoms with Crippen molar-refractivity contribution in [2.24, 2.45) is 0 Å². The van der Waals surface area contributed by atoms with Crippen LogP contribution in [0, 0.1) is 6.92 Å². The third kappa shape index (κ3) is 4.22. The molecule has 2 atom stereocenters. The average Bonchev–Trinajstić information content (AvgIpc) is 2.55. The maximum atomic E-state index is 12.5. The lowest BCUT2D eigenvalue weighted by Gasteiger charge is -2.37. The monoisotopic (exact) mass is 320 g/mol. The molecule has 0 radical (unpaired) electrons. The molecule has 6 heteroatoms. The first-order chi connectivity index (χ1) is 10.9. The van der Waals surface area contributed by atoms with E-state index < -0.39 is 18.1 Å². The Morgan fingerprint density at radius 1 is 1.13 bits per heavy atom. The Kier molecular flexibility index (Phi) is 5.60. The van der Waals surface area contributed by atoms with Crippen LogP contribution in [0.3, 0.4) is 0 Å². The number of nitrogens with zero attached hydrogens (tertiary/aromatic N) is 2. The number of hydrogen-bond acceptors (Lipinski definition) is 4. The van der Waals surface area contributed by atoms with Gasteiger partial charge in [0, 0.05) is 26.2 Å². The highest BCUT2D eigenvalue weighted by Gasteiger charge is 2.29. The standard InChI is InChI=1S/C17H24N2O4/c1-12-6-4-5-7-15(12)23-14(3)16(20)19-10-8-18(9-11-19)13(2)17(21)22/h4-7,13-14H,8-11H2,1-3H3,(H,21,22)/t13-,14+/m0/s1. The van der Waals surface area contributed by atoms with Crippen LogP contribution in [0.2, 0.25) is 0 Å². The summed E-state index contributed by atoms with van der Waals surface area (Å²) in [7, 11) is 0. The van der Waals surface area contributed by atoms with Gasteiger partial charge in [-0.15, -0.1) is 0 Å². The molecule has 1 fully saturated rings. The van der Waals surface area contributed by atoms with Crippen LogP contribution < -0.4 is 4.74 Å². The topological polar surface area (TPSA) is 70.1 Å². The van der Waals surface area contributed by atoms with E-state index in [-0.39, 0.29) is 5.91 Å². The van der Waals surface area contributed by atoms with E-state index in [0.29, 0.717) is 31.9 Å². The van der Waals surface area contributed by atoms with Gasteiger partial charge in [-0.1, -0.05) is 18.2 Å². The zero-order valence-electron chi connectivity index (χ0n) is 13.9. The third-order valence-corrected chi connectivity index (χ3v) is 4.28. The second-order valence-corrected chi connectivity index (χ2v) is 5.90. The molecule has 6 nitrogen and oxygen atoms in total. The fraction of sp³-hybridized carbons (Fsp3) is 0.529. The van der Waals surface area contributed by atoms with E-state index in [9.17, 15) is 9.59 Å². The van der Waals surface area contributed by atoms with Gasteiger partial charge in [-0.3, -0.25) is 14.5 Å². The first-order valence-electron chi connectivity index (χ1n) is 7.88. The molecule has 0 aliphatic carbocycles. The second kappa shape index (κ2) is 7.46. The van der Waals surface area contributed by atoms with Crippen molar-refractivity contribution in [3.05, 3.63) is 29.8 Å². The van der Waals surface area contributed by atoms with Crippen molar-refractivity contribution in [2.45, 2.75) is 32.9 Å². The molecular formula is C17H24N2O4. The highest BCUT2D eigenvalue weighted by Crippen LogP contribution is 2.19. The number of aryl methyl sites for hydroxylation is 1. The summed E-state index contributed by atoms with van der Waals surface area (Å²) in [5, 5.41) is 9.05. The molecule has 1 aliphatic heterocycles. The van der Waals surface area contributed by atoms with Gasteiger partial charge in [0.1, 0.15) is 11.8 Å². The lowest BCUT2D eigenvalue weighted by molar-refractivity contribution is -0.145. The molecule has 126 valence electrons. The van der Waals surface area contributed by atoms with E-state index in [4.69, 9.17) is 9.84 Å². The zero-order chi connectivity index (χ0) is 17.0. The van der Waals surface area contributed by atoms with Gasteiger partial charge in [0.15, 0.2) is 6.10 Å². The molecule has 1 heterocycles. The number of carboxylic acids is 1. The number of amides is 1. The quantitative estimate of drug-likeness (QED) is 0.887. The van der Waals surface area contributed by atoms with Crippen LogP contribution in [0.1, 0.15) is 19.4 Å². The van der Waals surface area contributed by atoms with E-state index in [1.54, 1.807) is 18.7 Å². The second-order valence-electron chi connectivity index (χ2n) is 5.90. The Hall–Kier alpha value is -2.08. The molecular weight excluding hydrogens is 296 g/mol. The number of para-hydroxylation sites is 1. The molecule has 0 unspecified atom stereocenters. The summed E-state index contributed by atoms with van der Waals surface area (Å²) in [5.41, 5.74) is 0.993. The number of carbonyl (C=O) groups is 2. The predicted molar refractivity (Wildman–Crippen MR) is 86.5 cm³/mol. The molecule has 1 saturated heterocycles. The smallest absolute Gasteiger partial charge is 0.320 e. The number of benzene rings is 1. The molecule has 1 aliphatic rings. The van der Waals surface area contributed by atoms with Gasteiger partial charge in [-0.2, -0.15) is 0 Å². The van der Waals surface area contributed by atoms with Gasteiger partial charge >= 0.3 is 5.97 Å². The molecule has 1 amide bonds. The minimum absolute atomic E-state index is 0.0594. The third-order valence-electron chi connectivity index (χ3n) is 4.28. The zero-order valence-corrected chi connectivity index (χ0v) is 13.9. The molecule has 0 aromatic heterocycles. The normalized spacial score (nSPS) is 18.3. The lowest BCUT2D eigenvalue weighted by Crippen LogP contribution is -2.55. The predicted octanol–water partition coefficient (Wildman–Crippen LogP) is 1.38. The van der Waals surface area contributed by atoms with Crippen molar-refractivity contribution in [3.63, 3.8) is 0 Å². The van der Waals surface area contributed by atoms with Crippen molar-refractivity contribution < 1.29 is 19.4 Å². The van der Waals surface area contributed by atoms with Gasteiger partial charge in [0.25, 0.3) is 5.91 Å². The van der Waals surface area contributed by atoms with Crippen LogP contribution in [0.15, 0.2) is 24.3 Å². The highest BCUT2D eigenvalue weighted by molar-refractivity contribution is 5.81. The van der Waals surface area contributed by atoms with Gasteiger partial charge in [-0.25, -0.2) is 0 Å². The van der Waals surface area contributed by atoms with Crippen LogP contribution in [-0.4, -0.2) is 65.1 Å². The molecule has 0 saturated carbocycles. The minimum atomic E-state index is -0.832. The highest BCUT2D eigenvalue weighted by atomic mass is 16.5. The molecule has 1 aromatic rings. The minimum Gasteiger partial charge on any atom is -0.481 e. The maximum Gasteiger partial charge on any atom is 0.320 e. The fourth-order valence-electron chi connectivity index (χ4n) is 2.67. The Morgan fingerprint density at radius 3 is 2.30 bits per heavy atom. The van der Waals surface area contributed by atoms with Crippen molar-refractivity contribution >= 4 is 11.9 Å². The Bertz CT molecular complexity index is 567. The van der Waals surface area contributed by atoms with Crippen molar-refractivity contribution in [1.82, 2.24) is 9.80 Å². The number of ether oxygens (including phenoxy) is 1. The van der Waals surface area contributed by atoms with Gasteiger partial charge in [-0.05, 0) is 32.4 Å². The van der Waals surface area contributed by atoms with E-state index in [1.165, 1.54) is 0 Å². The summed E-state index contributed by atoms with van der Waals surface area (Å²) in [6.45, 7) is 7.55. The number of hydrogen-bond donors (Lipinski definition) is 1. The number of carbonyl (C=O) groups excluding carboxylic acids is 1. The summed E-state index contributed by atoms with van der Waals surface area (Å²) in [4.78, 5) is 27.1. The number of carboxylic acid groups (broad SMARTS) is 1. The fourth-order valence-corrected chi connectivity index (χ4v) is 2.67. The molecule has 1 aromatic carbocycles. The van der Waals surface area contributed by atoms with Crippen LogP contribution in [-0.2, 0) is 9.59 Å². The van der Waals surface area contributed by atoms with Crippen LogP contribution >= 0.6 is 0 Å². The summed E-state index contributed by atoms with van der Waals surface area (Å²) < 4.78 is 5.77. The Balaban J connectivity index is 1.89. The number of rotatable bonds is 5. The summed E-state index contributed by atoms with van der Waals surface area (Å²) in [6.07, 6.45) is -0.556. The van der Waals surface area contributed by atoms with Gasteiger partial charge in [0.05, 0.1) is 0 Å². The molecule has 0 bridgehead atoms. The van der Waals surface area contributed by atoms with Crippen molar-refractivity contribution in [2.75, 3.05) is 26.2 Å². The van der Waals surface area contributed by atoms with Crippen molar-refractivity contribution in [1.29, 1.82) is 0 Å². The lowest BCUT2D eigenvalue weighted by atomic mass is 10.2. The van der Waals surface area contributed by atoms with Crippen LogP contribution in [0.4, 0.5) is 0 Å². The average molecular weight is 320 g/mol. The summed E-state index contributed by atoms with van der Waals surface area (Å²) in [6, 6.07) is 7.08. The molecule has 0 spiro atoms. The SMILES string of the molecule is Cc1ccccc1O[C@H](C)C(=O)N1CCN([C@@H](C)C(=O)O)CC1. The Labute approximate surface area is 136 Å².